The zero-order valence-electron chi connectivity index (χ0n) is 10.6. The Bertz CT molecular complexity index is 565. The summed E-state index contributed by atoms with van der Waals surface area (Å²) in [5, 5.41) is 17.1. The maximum Gasteiger partial charge on any atom is 0.118 e. The second-order valence-corrected chi connectivity index (χ2v) is 4.40. The van der Waals surface area contributed by atoms with Gasteiger partial charge in [0.25, 0.3) is 0 Å². The molecule has 0 amide bonds. The molecule has 1 N–H and O–H groups in total. The van der Waals surface area contributed by atoms with E-state index in [-0.39, 0.29) is 12.7 Å². The molecule has 1 aliphatic heterocycles. The van der Waals surface area contributed by atoms with Gasteiger partial charge in [-0.1, -0.05) is 17.3 Å². The summed E-state index contributed by atoms with van der Waals surface area (Å²) in [6.45, 7) is 0.917. The number of fused-ring (bicyclic) bond motifs is 1. The van der Waals surface area contributed by atoms with Crippen LogP contribution in [-0.2, 0) is 24.5 Å². The quantitative estimate of drug-likeness (QED) is 0.894. The van der Waals surface area contributed by atoms with Crippen LogP contribution in [0.2, 0.25) is 0 Å². The Morgan fingerprint density at radius 2 is 2.21 bits per heavy atom. The van der Waals surface area contributed by atoms with Crippen LogP contribution in [0.15, 0.2) is 24.3 Å². The fraction of sp³-hybridized carbons (Fsp3) is 0.385. The lowest BCUT2D eigenvalue weighted by Crippen LogP contribution is -2.22. The van der Waals surface area contributed by atoms with Crippen LogP contribution in [0.5, 0.6) is 5.75 Å². The first-order valence-corrected chi connectivity index (χ1v) is 6.09. The second kappa shape index (κ2) is 4.99. The minimum absolute atomic E-state index is 0.0494. The molecular formula is C13H15N3O3. The fourth-order valence-corrected chi connectivity index (χ4v) is 2.21. The normalized spacial score (nSPS) is 18.1. The van der Waals surface area contributed by atoms with E-state index in [1.165, 1.54) is 0 Å². The van der Waals surface area contributed by atoms with Gasteiger partial charge in [-0.2, -0.15) is 0 Å². The maximum absolute atomic E-state index is 9.14. The van der Waals surface area contributed by atoms with Gasteiger partial charge in [-0.05, 0) is 17.7 Å². The summed E-state index contributed by atoms with van der Waals surface area (Å²) in [5.41, 5.74) is 2.52. The Balaban J connectivity index is 1.81. The van der Waals surface area contributed by atoms with Crippen molar-refractivity contribution in [1.29, 1.82) is 0 Å². The van der Waals surface area contributed by atoms with Crippen LogP contribution < -0.4 is 4.74 Å². The molecule has 0 saturated heterocycles. The van der Waals surface area contributed by atoms with Crippen molar-refractivity contribution in [2.24, 2.45) is 0 Å². The lowest BCUT2D eigenvalue weighted by molar-refractivity contribution is -0.00229. The van der Waals surface area contributed by atoms with E-state index < -0.39 is 0 Å². The average molecular weight is 261 g/mol. The van der Waals surface area contributed by atoms with Crippen molar-refractivity contribution >= 4 is 0 Å². The zero-order chi connectivity index (χ0) is 13.2. The van der Waals surface area contributed by atoms with Gasteiger partial charge in [0, 0.05) is 0 Å². The highest BCUT2D eigenvalue weighted by molar-refractivity contribution is 5.29. The summed E-state index contributed by atoms with van der Waals surface area (Å²) >= 11 is 0. The lowest BCUT2D eigenvalue weighted by atomic mass is 10.1. The van der Waals surface area contributed by atoms with Gasteiger partial charge in [0.1, 0.15) is 17.5 Å². The molecular weight excluding hydrogens is 246 g/mol. The number of methoxy groups -OCH3 is 1. The Labute approximate surface area is 110 Å². The molecule has 1 aromatic carbocycles. The first-order chi connectivity index (χ1) is 9.31. The Morgan fingerprint density at radius 3 is 2.89 bits per heavy atom. The topological polar surface area (TPSA) is 69.4 Å². The third-order valence-electron chi connectivity index (χ3n) is 3.32. The predicted molar refractivity (Wildman–Crippen MR) is 66.5 cm³/mol. The highest BCUT2D eigenvalue weighted by atomic mass is 16.5. The molecule has 1 atom stereocenters. The SMILES string of the molecule is COc1ccc(C2Cn3nnc(CO)c3CO2)cc1. The minimum Gasteiger partial charge on any atom is -0.497 e. The van der Waals surface area contributed by atoms with Crippen LogP contribution in [0.25, 0.3) is 0 Å². The van der Waals surface area contributed by atoms with Crippen molar-refractivity contribution < 1.29 is 14.6 Å². The van der Waals surface area contributed by atoms with Gasteiger partial charge in [0.2, 0.25) is 0 Å². The molecule has 1 unspecified atom stereocenters. The van der Waals surface area contributed by atoms with Gasteiger partial charge < -0.3 is 14.6 Å². The molecule has 0 bridgehead atoms. The van der Waals surface area contributed by atoms with E-state index in [2.05, 4.69) is 10.3 Å². The van der Waals surface area contributed by atoms with E-state index in [1.54, 1.807) is 11.8 Å². The molecule has 100 valence electrons. The number of aliphatic hydroxyl groups is 1. The molecule has 0 radical (unpaired) electrons. The number of benzene rings is 1. The van der Waals surface area contributed by atoms with Gasteiger partial charge in [-0.3, -0.25) is 0 Å². The minimum atomic E-state index is -0.105. The predicted octanol–water partition coefficient (Wildman–Crippen LogP) is 1.05. The molecule has 0 saturated carbocycles. The Kier molecular flexibility index (Phi) is 3.18. The molecule has 3 rings (SSSR count). The number of nitrogens with zero attached hydrogens (tertiary/aromatic N) is 3. The first-order valence-electron chi connectivity index (χ1n) is 6.09. The number of hydrogen-bond donors (Lipinski definition) is 1. The first kappa shape index (κ1) is 12.1. The van der Waals surface area contributed by atoms with E-state index in [4.69, 9.17) is 14.6 Å². The van der Waals surface area contributed by atoms with Gasteiger partial charge in [0.05, 0.1) is 32.6 Å². The van der Waals surface area contributed by atoms with Crippen molar-refractivity contribution in [3.05, 3.63) is 41.2 Å². The number of hydrogen-bond acceptors (Lipinski definition) is 5. The van der Waals surface area contributed by atoms with Crippen LogP contribution in [0.4, 0.5) is 0 Å². The molecule has 19 heavy (non-hydrogen) atoms. The summed E-state index contributed by atoms with van der Waals surface area (Å²) in [6, 6.07) is 7.79. The molecule has 2 aromatic rings. The average Bonchev–Trinajstić information content (AvgIpc) is 2.89. The third-order valence-corrected chi connectivity index (χ3v) is 3.32. The molecule has 6 heteroatoms. The second-order valence-electron chi connectivity index (χ2n) is 4.40. The fourth-order valence-electron chi connectivity index (χ4n) is 2.21. The third kappa shape index (κ3) is 2.20. The smallest absolute Gasteiger partial charge is 0.118 e. The van der Waals surface area contributed by atoms with Crippen LogP contribution in [0, 0.1) is 0 Å². The molecule has 1 aromatic heterocycles. The van der Waals surface area contributed by atoms with E-state index in [9.17, 15) is 0 Å². The van der Waals surface area contributed by atoms with Crippen molar-refractivity contribution in [1.82, 2.24) is 15.0 Å². The van der Waals surface area contributed by atoms with Crippen LogP contribution in [-0.4, -0.2) is 27.2 Å². The number of aromatic nitrogens is 3. The van der Waals surface area contributed by atoms with E-state index >= 15 is 0 Å². The molecule has 2 heterocycles. The van der Waals surface area contributed by atoms with Crippen LogP contribution in [0.3, 0.4) is 0 Å². The highest BCUT2D eigenvalue weighted by Crippen LogP contribution is 2.27. The summed E-state index contributed by atoms with van der Waals surface area (Å²) in [6.07, 6.45) is -0.0494. The van der Waals surface area contributed by atoms with Gasteiger partial charge in [-0.25, -0.2) is 4.68 Å². The van der Waals surface area contributed by atoms with Crippen LogP contribution >= 0.6 is 0 Å². The van der Waals surface area contributed by atoms with Gasteiger partial charge in [-0.15, -0.1) is 5.10 Å². The van der Waals surface area contributed by atoms with E-state index in [0.717, 1.165) is 17.0 Å². The maximum atomic E-state index is 9.14. The zero-order valence-corrected chi connectivity index (χ0v) is 10.6. The monoisotopic (exact) mass is 261 g/mol. The molecule has 0 fully saturated rings. The Morgan fingerprint density at radius 1 is 1.42 bits per heavy atom. The molecule has 1 aliphatic rings. The van der Waals surface area contributed by atoms with Gasteiger partial charge >= 0.3 is 0 Å². The van der Waals surface area contributed by atoms with Crippen molar-refractivity contribution in [2.45, 2.75) is 25.9 Å². The number of rotatable bonds is 3. The van der Waals surface area contributed by atoms with E-state index in [0.29, 0.717) is 18.8 Å². The molecule has 0 spiro atoms. The molecule has 6 nitrogen and oxygen atoms in total. The van der Waals surface area contributed by atoms with Crippen molar-refractivity contribution in [3.8, 4) is 5.75 Å². The Hall–Kier alpha value is -1.92. The number of ether oxygens (including phenoxy) is 2. The van der Waals surface area contributed by atoms with Crippen molar-refractivity contribution in [2.75, 3.05) is 7.11 Å². The summed E-state index contributed by atoms with van der Waals surface area (Å²) < 4.78 is 12.7. The molecule has 0 aliphatic carbocycles. The standard InChI is InChI=1S/C13H15N3O3/c1-18-10-4-2-9(3-5-10)13-6-16-12(8-19-13)11(7-17)14-15-16/h2-5,13,17H,6-8H2,1H3. The van der Waals surface area contributed by atoms with E-state index in [1.807, 2.05) is 24.3 Å². The highest BCUT2D eigenvalue weighted by Gasteiger charge is 2.24. The van der Waals surface area contributed by atoms with Gasteiger partial charge in [0.15, 0.2) is 0 Å². The lowest BCUT2D eigenvalue weighted by Gasteiger charge is -2.24. The summed E-state index contributed by atoms with van der Waals surface area (Å²) in [5.74, 6) is 0.823. The number of aliphatic hydroxyl groups excluding tert-OH is 1. The van der Waals surface area contributed by atoms with Crippen LogP contribution in [0.1, 0.15) is 23.1 Å². The summed E-state index contributed by atoms with van der Waals surface area (Å²) in [7, 11) is 1.64. The largest absolute Gasteiger partial charge is 0.497 e. The summed E-state index contributed by atoms with van der Waals surface area (Å²) in [4.78, 5) is 0. The van der Waals surface area contributed by atoms with Crippen molar-refractivity contribution in [3.63, 3.8) is 0 Å².